The SMILES string of the molecule is COc1ccc(CN(C)C(=O)CSc2nncn2-c2ccccc2OC)cc1OC. The molecule has 0 bridgehead atoms. The molecule has 2 aromatic carbocycles. The van der Waals surface area contributed by atoms with Gasteiger partial charge in [0.15, 0.2) is 16.7 Å². The molecule has 1 aromatic heterocycles. The Morgan fingerprint density at radius 2 is 1.77 bits per heavy atom. The number of carbonyl (C=O) groups excluding carboxylic acids is 1. The smallest absolute Gasteiger partial charge is 0.233 e. The molecule has 158 valence electrons. The van der Waals surface area contributed by atoms with Crippen molar-refractivity contribution >= 4 is 17.7 Å². The molecule has 0 saturated heterocycles. The number of benzene rings is 2. The van der Waals surface area contributed by atoms with Gasteiger partial charge in [0.2, 0.25) is 5.91 Å². The third kappa shape index (κ3) is 4.85. The largest absolute Gasteiger partial charge is 0.495 e. The van der Waals surface area contributed by atoms with Crippen molar-refractivity contribution in [1.29, 1.82) is 0 Å². The number of ether oxygens (including phenoxy) is 3. The number of carbonyl (C=O) groups is 1. The van der Waals surface area contributed by atoms with Gasteiger partial charge >= 0.3 is 0 Å². The summed E-state index contributed by atoms with van der Waals surface area (Å²) in [4.78, 5) is 14.3. The fraction of sp³-hybridized carbons (Fsp3) is 0.286. The van der Waals surface area contributed by atoms with Crippen LogP contribution in [-0.4, -0.2) is 59.7 Å². The lowest BCUT2D eigenvalue weighted by molar-refractivity contribution is -0.127. The number of rotatable bonds is 9. The van der Waals surface area contributed by atoms with Crippen LogP contribution in [0.1, 0.15) is 5.56 Å². The standard InChI is InChI=1S/C21H24N4O4S/c1-24(12-15-9-10-18(28-3)19(11-15)29-4)20(26)13-30-21-23-22-14-25(21)16-7-5-6-8-17(16)27-2/h5-11,14H,12-13H2,1-4H3. The average molecular weight is 429 g/mol. The summed E-state index contributed by atoms with van der Waals surface area (Å²) in [6.45, 7) is 0.457. The van der Waals surface area contributed by atoms with Crippen LogP contribution in [0, 0.1) is 0 Å². The molecule has 8 nitrogen and oxygen atoms in total. The highest BCUT2D eigenvalue weighted by Gasteiger charge is 2.16. The van der Waals surface area contributed by atoms with Crippen LogP contribution in [0.2, 0.25) is 0 Å². The average Bonchev–Trinajstić information content (AvgIpc) is 3.25. The molecular weight excluding hydrogens is 404 g/mol. The van der Waals surface area contributed by atoms with Crippen LogP contribution in [0.5, 0.6) is 17.2 Å². The fourth-order valence-electron chi connectivity index (χ4n) is 2.89. The highest BCUT2D eigenvalue weighted by molar-refractivity contribution is 7.99. The Bertz CT molecular complexity index is 1010. The predicted octanol–water partition coefficient (Wildman–Crippen LogP) is 3.04. The first-order chi connectivity index (χ1) is 14.6. The molecule has 3 aromatic rings. The Balaban J connectivity index is 1.65. The van der Waals surface area contributed by atoms with Gasteiger partial charge in [0.05, 0.1) is 32.8 Å². The second kappa shape index (κ2) is 10.0. The first-order valence-electron chi connectivity index (χ1n) is 9.18. The zero-order valence-corrected chi connectivity index (χ0v) is 18.2. The lowest BCUT2D eigenvalue weighted by Gasteiger charge is -2.18. The quantitative estimate of drug-likeness (QED) is 0.485. The molecule has 0 radical (unpaired) electrons. The molecule has 1 heterocycles. The van der Waals surface area contributed by atoms with E-state index in [1.54, 1.807) is 39.6 Å². The summed E-state index contributed by atoms with van der Waals surface area (Å²) in [7, 11) is 6.56. The summed E-state index contributed by atoms with van der Waals surface area (Å²) in [5.41, 5.74) is 1.77. The molecule has 30 heavy (non-hydrogen) atoms. The summed E-state index contributed by atoms with van der Waals surface area (Å²) >= 11 is 1.33. The van der Waals surface area contributed by atoms with Crippen LogP contribution < -0.4 is 14.2 Å². The van der Waals surface area contributed by atoms with E-state index in [0.717, 1.165) is 11.3 Å². The maximum atomic E-state index is 12.7. The molecule has 0 saturated carbocycles. The maximum Gasteiger partial charge on any atom is 0.233 e. The summed E-state index contributed by atoms with van der Waals surface area (Å²) in [5.74, 6) is 2.20. The minimum absolute atomic E-state index is 0.0237. The molecule has 0 fully saturated rings. The molecule has 0 aliphatic heterocycles. The van der Waals surface area contributed by atoms with E-state index in [1.165, 1.54) is 11.8 Å². The second-order valence-electron chi connectivity index (χ2n) is 6.38. The number of para-hydroxylation sites is 2. The van der Waals surface area contributed by atoms with Crippen molar-refractivity contribution in [3.63, 3.8) is 0 Å². The predicted molar refractivity (Wildman–Crippen MR) is 115 cm³/mol. The molecule has 0 N–H and O–H groups in total. The Hall–Kier alpha value is -3.20. The number of thioether (sulfide) groups is 1. The molecular formula is C21H24N4O4S. The number of nitrogens with zero attached hydrogens (tertiary/aromatic N) is 4. The third-order valence-electron chi connectivity index (χ3n) is 4.48. The first-order valence-corrected chi connectivity index (χ1v) is 10.2. The summed E-state index contributed by atoms with van der Waals surface area (Å²) in [6, 6.07) is 13.2. The van der Waals surface area contributed by atoms with Gasteiger partial charge in [-0.1, -0.05) is 30.0 Å². The molecule has 0 aliphatic rings. The van der Waals surface area contributed by atoms with E-state index in [2.05, 4.69) is 10.2 Å². The van der Waals surface area contributed by atoms with Gasteiger partial charge in [0.1, 0.15) is 12.1 Å². The second-order valence-corrected chi connectivity index (χ2v) is 7.33. The lowest BCUT2D eigenvalue weighted by atomic mass is 10.2. The van der Waals surface area contributed by atoms with Gasteiger partial charge in [-0.2, -0.15) is 0 Å². The number of methoxy groups -OCH3 is 3. The van der Waals surface area contributed by atoms with E-state index in [-0.39, 0.29) is 11.7 Å². The number of hydrogen-bond acceptors (Lipinski definition) is 7. The van der Waals surface area contributed by atoms with Crippen LogP contribution in [-0.2, 0) is 11.3 Å². The monoisotopic (exact) mass is 428 g/mol. The van der Waals surface area contributed by atoms with Crippen molar-refractivity contribution in [3.8, 4) is 22.9 Å². The van der Waals surface area contributed by atoms with Crippen molar-refractivity contribution in [2.45, 2.75) is 11.7 Å². The molecule has 0 unspecified atom stereocenters. The Morgan fingerprint density at radius 1 is 1.03 bits per heavy atom. The van der Waals surface area contributed by atoms with E-state index in [4.69, 9.17) is 14.2 Å². The summed E-state index contributed by atoms with van der Waals surface area (Å²) < 4.78 is 17.8. The summed E-state index contributed by atoms with van der Waals surface area (Å²) in [6.07, 6.45) is 1.61. The van der Waals surface area contributed by atoms with Crippen LogP contribution >= 0.6 is 11.8 Å². The van der Waals surface area contributed by atoms with Gasteiger partial charge in [-0.05, 0) is 29.8 Å². The number of amides is 1. The molecule has 0 atom stereocenters. The van der Waals surface area contributed by atoms with Gasteiger partial charge in [0.25, 0.3) is 0 Å². The van der Waals surface area contributed by atoms with E-state index in [9.17, 15) is 4.79 Å². The van der Waals surface area contributed by atoms with Gasteiger partial charge < -0.3 is 19.1 Å². The Morgan fingerprint density at radius 3 is 2.50 bits per heavy atom. The van der Waals surface area contributed by atoms with Crippen molar-refractivity contribution in [1.82, 2.24) is 19.7 Å². The number of hydrogen-bond donors (Lipinski definition) is 0. The van der Waals surface area contributed by atoms with E-state index in [0.29, 0.717) is 28.9 Å². The molecule has 3 rings (SSSR count). The normalized spacial score (nSPS) is 10.5. The topological polar surface area (TPSA) is 78.7 Å². The van der Waals surface area contributed by atoms with Crippen molar-refractivity contribution in [2.75, 3.05) is 34.1 Å². The molecule has 9 heteroatoms. The van der Waals surface area contributed by atoms with E-state index < -0.39 is 0 Å². The maximum absolute atomic E-state index is 12.7. The minimum atomic E-state index is -0.0237. The van der Waals surface area contributed by atoms with Gasteiger partial charge in [0, 0.05) is 13.6 Å². The Kier molecular flexibility index (Phi) is 7.18. The van der Waals surface area contributed by atoms with Gasteiger partial charge in [-0.15, -0.1) is 10.2 Å². The van der Waals surface area contributed by atoms with Crippen LogP contribution in [0.3, 0.4) is 0 Å². The van der Waals surface area contributed by atoms with Crippen molar-refractivity contribution in [2.24, 2.45) is 0 Å². The highest BCUT2D eigenvalue weighted by Crippen LogP contribution is 2.29. The van der Waals surface area contributed by atoms with Gasteiger partial charge in [-0.25, -0.2) is 0 Å². The summed E-state index contributed by atoms with van der Waals surface area (Å²) in [5, 5.41) is 8.75. The zero-order chi connectivity index (χ0) is 21.5. The fourth-order valence-corrected chi connectivity index (χ4v) is 3.76. The molecule has 1 amide bonds. The first kappa shape index (κ1) is 21.5. The number of aromatic nitrogens is 3. The van der Waals surface area contributed by atoms with E-state index >= 15 is 0 Å². The molecule has 0 spiro atoms. The van der Waals surface area contributed by atoms with Crippen molar-refractivity contribution < 1.29 is 19.0 Å². The van der Waals surface area contributed by atoms with Crippen LogP contribution in [0.15, 0.2) is 53.9 Å². The minimum Gasteiger partial charge on any atom is -0.495 e. The lowest BCUT2D eigenvalue weighted by Crippen LogP contribution is -2.27. The zero-order valence-electron chi connectivity index (χ0n) is 17.4. The van der Waals surface area contributed by atoms with Crippen molar-refractivity contribution in [3.05, 3.63) is 54.4 Å². The van der Waals surface area contributed by atoms with Crippen LogP contribution in [0.4, 0.5) is 0 Å². The van der Waals surface area contributed by atoms with Crippen LogP contribution in [0.25, 0.3) is 5.69 Å². The van der Waals surface area contributed by atoms with E-state index in [1.807, 2.05) is 47.0 Å². The third-order valence-corrected chi connectivity index (χ3v) is 5.41. The van der Waals surface area contributed by atoms with Gasteiger partial charge in [-0.3, -0.25) is 9.36 Å². The Labute approximate surface area is 179 Å². The molecule has 0 aliphatic carbocycles. The highest BCUT2D eigenvalue weighted by atomic mass is 32.2.